The van der Waals surface area contributed by atoms with Gasteiger partial charge in [-0.2, -0.15) is 0 Å². The van der Waals surface area contributed by atoms with Crippen LogP contribution in [0, 0.1) is 5.92 Å². The molecule has 0 bridgehead atoms. The van der Waals surface area contributed by atoms with Crippen molar-refractivity contribution in [3.05, 3.63) is 0 Å². The average molecular weight is 159 g/mol. The second-order valence-electron chi connectivity index (χ2n) is 3.08. The lowest BCUT2D eigenvalue weighted by Crippen LogP contribution is -2.50. The summed E-state index contributed by atoms with van der Waals surface area (Å²) in [5.74, 6) is -0.193. The van der Waals surface area contributed by atoms with Gasteiger partial charge < -0.3 is 10.5 Å². The molecular formula is C8H17NO2. The van der Waals surface area contributed by atoms with E-state index in [0.717, 1.165) is 6.42 Å². The van der Waals surface area contributed by atoms with Crippen molar-refractivity contribution in [1.29, 1.82) is 0 Å². The first-order valence-corrected chi connectivity index (χ1v) is 3.84. The largest absolute Gasteiger partial charge is 0.468 e. The third-order valence-electron chi connectivity index (χ3n) is 2.26. The normalized spacial score (nSPS) is 18.6. The first-order chi connectivity index (χ1) is 4.96. The molecule has 0 spiro atoms. The van der Waals surface area contributed by atoms with Gasteiger partial charge in [0, 0.05) is 0 Å². The summed E-state index contributed by atoms with van der Waals surface area (Å²) in [7, 11) is 1.36. The first kappa shape index (κ1) is 10.4. The number of esters is 1. The van der Waals surface area contributed by atoms with E-state index in [9.17, 15) is 4.79 Å². The summed E-state index contributed by atoms with van der Waals surface area (Å²) in [4.78, 5) is 11.1. The van der Waals surface area contributed by atoms with E-state index in [1.807, 2.05) is 13.8 Å². The van der Waals surface area contributed by atoms with Gasteiger partial charge in [0.1, 0.15) is 5.54 Å². The van der Waals surface area contributed by atoms with Crippen molar-refractivity contribution in [2.45, 2.75) is 32.7 Å². The van der Waals surface area contributed by atoms with Gasteiger partial charge in [-0.1, -0.05) is 20.3 Å². The van der Waals surface area contributed by atoms with Crippen LogP contribution in [0.1, 0.15) is 27.2 Å². The Balaban J connectivity index is 4.31. The molecule has 2 unspecified atom stereocenters. The number of hydrogen-bond donors (Lipinski definition) is 1. The lowest BCUT2D eigenvalue weighted by atomic mass is 9.86. The van der Waals surface area contributed by atoms with Gasteiger partial charge in [-0.15, -0.1) is 0 Å². The first-order valence-electron chi connectivity index (χ1n) is 3.84. The quantitative estimate of drug-likeness (QED) is 0.623. The van der Waals surface area contributed by atoms with Gasteiger partial charge in [0.05, 0.1) is 7.11 Å². The fourth-order valence-corrected chi connectivity index (χ4v) is 0.845. The maximum Gasteiger partial charge on any atom is 0.325 e. The Labute approximate surface area is 67.9 Å². The number of methoxy groups -OCH3 is 1. The molecule has 11 heavy (non-hydrogen) atoms. The summed E-state index contributed by atoms with van der Waals surface area (Å²) in [6.07, 6.45) is 0.877. The van der Waals surface area contributed by atoms with Gasteiger partial charge >= 0.3 is 5.97 Å². The molecular weight excluding hydrogens is 142 g/mol. The van der Waals surface area contributed by atoms with E-state index in [0.29, 0.717) is 0 Å². The topological polar surface area (TPSA) is 52.3 Å². The van der Waals surface area contributed by atoms with Crippen molar-refractivity contribution in [2.75, 3.05) is 7.11 Å². The molecule has 0 aliphatic heterocycles. The Morgan fingerprint density at radius 1 is 1.73 bits per heavy atom. The number of carbonyl (C=O) groups excluding carboxylic acids is 1. The van der Waals surface area contributed by atoms with Crippen molar-refractivity contribution in [3.8, 4) is 0 Å². The SMILES string of the molecule is CCC(C)C(C)(N)C(=O)OC. The Hall–Kier alpha value is -0.570. The van der Waals surface area contributed by atoms with Gasteiger partial charge in [0.15, 0.2) is 0 Å². The molecule has 0 saturated heterocycles. The van der Waals surface area contributed by atoms with Crippen LogP contribution in [0.15, 0.2) is 0 Å². The number of carbonyl (C=O) groups is 1. The summed E-state index contributed by atoms with van der Waals surface area (Å²) < 4.78 is 4.57. The summed E-state index contributed by atoms with van der Waals surface area (Å²) in [5.41, 5.74) is 4.91. The van der Waals surface area contributed by atoms with Crippen LogP contribution in [0.2, 0.25) is 0 Å². The molecule has 66 valence electrons. The Kier molecular flexibility index (Phi) is 3.52. The van der Waals surface area contributed by atoms with Crippen LogP contribution >= 0.6 is 0 Å². The summed E-state index contributed by atoms with van der Waals surface area (Å²) in [6.45, 7) is 5.64. The molecule has 0 aliphatic carbocycles. The molecule has 0 heterocycles. The van der Waals surface area contributed by atoms with Crippen LogP contribution in [0.3, 0.4) is 0 Å². The van der Waals surface area contributed by atoms with E-state index in [4.69, 9.17) is 5.73 Å². The van der Waals surface area contributed by atoms with Gasteiger partial charge in [-0.05, 0) is 12.8 Å². The van der Waals surface area contributed by atoms with Crippen molar-refractivity contribution >= 4 is 5.97 Å². The molecule has 2 N–H and O–H groups in total. The third kappa shape index (κ3) is 2.19. The zero-order valence-electron chi connectivity index (χ0n) is 7.68. The summed E-state index contributed by atoms with van der Waals surface area (Å²) >= 11 is 0. The van der Waals surface area contributed by atoms with Crippen LogP contribution in [0.25, 0.3) is 0 Å². The van der Waals surface area contributed by atoms with E-state index in [1.54, 1.807) is 6.92 Å². The number of rotatable bonds is 3. The second-order valence-corrected chi connectivity index (χ2v) is 3.08. The Morgan fingerprint density at radius 2 is 2.18 bits per heavy atom. The van der Waals surface area contributed by atoms with E-state index in [1.165, 1.54) is 7.11 Å². The second kappa shape index (κ2) is 3.72. The average Bonchev–Trinajstić information content (AvgIpc) is 2.01. The lowest BCUT2D eigenvalue weighted by Gasteiger charge is -2.27. The predicted molar refractivity (Wildman–Crippen MR) is 44.1 cm³/mol. The number of hydrogen-bond acceptors (Lipinski definition) is 3. The monoisotopic (exact) mass is 159 g/mol. The van der Waals surface area contributed by atoms with E-state index >= 15 is 0 Å². The number of nitrogens with two attached hydrogens (primary N) is 1. The van der Waals surface area contributed by atoms with Crippen LogP contribution < -0.4 is 5.73 Å². The third-order valence-corrected chi connectivity index (χ3v) is 2.26. The summed E-state index contributed by atoms with van der Waals surface area (Å²) in [5, 5.41) is 0. The minimum Gasteiger partial charge on any atom is -0.468 e. The maximum absolute atomic E-state index is 11.1. The fourth-order valence-electron chi connectivity index (χ4n) is 0.845. The zero-order chi connectivity index (χ0) is 9.07. The van der Waals surface area contributed by atoms with Gasteiger partial charge in [-0.25, -0.2) is 0 Å². The molecule has 0 aromatic rings. The van der Waals surface area contributed by atoms with Crippen LogP contribution in [-0.2, 0) is 9.53 Å². The molecule has 0 rings (SSSR count). The molecule has 3 heteroatoms. The Bertz CT molecular complexity index is 143. The van der Waals surface area contributed by atoms with E-state index in [2.05, 4.69) is 4.74 Å². The van der Waals surface area contributed by atoms with Crippen LogP contribution in [0.4, 0.5) is 0 Å². The molecule has 0 fully saturated rings. The van der Waals surface area contributed by atoms with Gasteiger partial charge in [0.25, 0.3) is 0 Å². The van der Waals surface area contributed by atoms with Crippen LogP contribution in [0.5, 0.6) is 0 Å². The highest BCUT2D eigenvalue weighted by Gasteiger charge is 2.34. The zero-order valence-corrected chi connectivity index (χ0v) is 7.68. The fraction of sp³-hybridized carbons (Fsp3) is 0.875. The predicted octanol–water partition coefficient (Wildman–Crippen LogP) is 0.923. The molecule has 0 aromatic carbocycles. The van der Waals surface area contributed by atoms with Crippen molar-refractivity contribution in [3.63, 3.8) is 0 Å². The number of ether oxygens (including phenoxy) is 1. The highest BCUT2D eigenvalue weighted by Crippen LogP contribution is 2.18. The highest BCUT2D eigenvalue weighted by molar-refractivity contribution is 5.80. The van der Waals surface area contributed by atoms with Gasteiger partial charge in [0.2, 0.25) is 0 Å². The van der Waals surface area contributed by atoms with Crippen LogP contribution in [-0.4, -0.2) is 18.6 Å². The molecule has 2 atom stereocenters. The smallest absolute Gasteiger partial charge is 0.325 e. The molecule has 0 aromatic heterocycles. The molecule has 3 nitrogen and oxygen atoms in total. The molecule has 0 radical (unpaired) electrons. The minimum absolute atomic E-state index is 0.148. The lowest BCUT2D eigenvalue weighted by molar-refractivity contribution is -0.148. The van der Waals surface area contributed by atoms with Crippen molar-refractivity contribution in [1.82, 2.24) is 0 Å². The molecule has 0 saturated carbocycles. The van der Waals surface area contributed by atoms with Crippen molar-refractivity contribution in [2.24, 2.45) is 11.7 Å². The molecule has 0 amide bonds. The van der Waals surface area contributed by atoms with E-state index < -0.39 is 5.54 Å². The standard InChI is InChI=1S/C8H17NO2/c1-5-6(2)8(3,9)7(10)11-4/h6H,5,9H2,1-4H3. The summed E-state index contributed by atoms with van der Waals surface area (Å²) in [6, 6.07) is 0. The van der Waals surface area contributed by atoms with Gasteiger partial charge in [-0.3, -0.25) is 4.79 Å². The molecule has 0 aliphatic rings. The maximum atomic E-state index is 11.1. The van der Waals surface area contributed by atoms with Crippen molar-refractivity contribution < 1.29 is 9.53 Å². The Morgan fingerprint density at radius 3 is 2.45 bits per heavy atom. The minimum atomic E-state index is -0.844. The highest BCUT2D eigenvalue weighted by atomic mass is 16.5. The van der Waals surface area contributed by atoms with E-state index in [-0.39, 0.29) is 11.9 Å².